The molecule has 0 N–H and O–H groups in total. The molecule has 0 aliphatic carbocycles. The number of rotatable bonds is 8. The fourth-order valence-electron chi connectivity index (χ4n) is 4.36. The van der Waals surface area contributed by atoms with Gasteiger partial charge in [-0.3, -0.25) is 14.4 Å². The smallest absolute Gasteiger partial charge is 0.434 e. The number of nitrogens with zero attached hydrogens (tertiary/aromatic N) is 4. The summed E-state index contributed by atoms with van der Waals surface area (Å²) >= 11 is 6.54. The van der Waals surface area contributed by atoms with Gasteiger partial charge in [-0.1, -0.05) is 28.6 Å². The van der Waals surface area contributed by atoms with Crippen LogP contribution >= 0.6 is 23.4 Å². The van der Waals surface area contributed by atoms with Crippen molar-refractivity contribution in [1.82, 2.24) is 20.0 Å². The zero-order valence-corrected chi connectivity index (χ0v) is 24.8. The van der Waals surface area contributed by atoms with Crippen molar-refractivity contribution in [2.24, 2.45) is 0 Å². The number of hydrogen-bond acceptors (Lipinski definition) is 11. The summed E-state index contributed by atoms with van der Waals surface area (Å²) in [7, 11) is 0. The van der Waals surface area contributed by atoms with E-state index in [1.807, 2.05) is 0 Å². The first-order chi connectivity index (χ1) is 21.0. The van der Waals surface area contributed by atoms with Crippen LogP contribution in [0.15, 0.2) is 35.5 Å². The largest absolute Gasteiger partial charge is 0.463 e. The van der Waals surface area contributed by atoms with Crippen molar-refractivity contribution in [3.63, 3.8) is 0 Å². The molecule has 1 fully saturated rings. The Hall–Kier alpha value is -3.90. The minimum Gasteiger partial charge on any atom is -0.463 e. The number of hydrogen-bond donors (Lipinski definition) is 0. The van der Waals surface area contributed by atoms with Gasteiger partial charge in [0.2, 0.25) is 0 Å². The number of alkyl halides is 3. The van der Waals surface area contributed by atoms with E-state index in [9.17, 15) is 40.7 Å². The van der Waals surface area contributed by atoms with Crippen LogP contribution in [0.5, 0.6) is 0 Å². The number of halogens is 7. The molecular weight excluding hydrogens is 662 g/mol. The van der Waals surface area contributed by atoms with Crippen LogP contribution in [0.25, 0.3) is 11.3 Å². The molecule has 1 saturated heterocycles. The van der Waals surface area contributed by atoms with E-state index in [0.29, 0.717) is 12.1 Å². The van der Waals surface area contributed by atoms with Crippen LogP contribution in [0, 0.1) is 17.5 Å². The highest BCUT2D eigenvalue weighted by molar-refractivity contribution is 7.99. The predicted octanol–water partition coefficient (Wildman–Crippen LogP) is 4.91. The van der Waals surface area contributed by atoms with Crippen molar-refractivity contribution in [3.8, 4) is 11.3 Å². The molecule has 0 spiro atoms. The molecule has 1 aromatic carbocycles. The van der Waals surface area contributed by atoms with Crippen molar-refractivity contribution in [2.45, 2.75) is 61.6 Å². The van der Waals surface area contributed by atoms with Gasteiger partial charge in [-0.25, -0.2) is 22.8 Å². The topological polar surface area (TPSA) is 132 Å². The van der Waals surface area contributed by atoms with Gasteiger partial charge >= 0.3 is 24.1 Å². The van der Waals surface area contributed by atoms with Crippen LogP contribution < -0.4 is 0 Å². The molecule has 0 saturated carbocycles. The van der Waals surface area contributed by atoms with Crippen molar-refractivity contribution in [2.75, 3.05) is 6.61 Å². The molecule has 4 rings (SSSR count). The molecule has 0 amide bonds. The fraction of sp³-hybridized carbons (Fsp3) is 0.385. The maximum atomic E-state index is 14.0. The standard InChI is InChI=1S/C26H21ClF6N4O7S/c1-10(38)41-9-19-22(42-11(2)39)21(37-8-18(35-36-37)13-4-16(28)20(30)17(29)5-13)23(43-12(3)40)25(44-19)45-14-6-15(27)24(34-7-14)26(31,32)33/h4-8,19,21-23,25H,9H2,1-3H3/t19-,21+,22+,23-,25-/m1/s1. The third-order valence-electron chi connectivity index (χ3n) is 6.10. The van der Waals surface area contributed by atoms with Crippen LogP contribution in [0.2, 0.25) is 5.02 Å². The Balaban J connectivity index is 1.82. The quantitative estimate of drug-likeness (QED) is 0.139. The second-order valence-electron chi connectivity index (χ2n) is 9.44. The molecule has 5 atom stereocenters. The van der Waals surface area contributed by atoms with E-state index in [0.717, 1.165) is 55.7 Å². The van der Waals surface area contributed by atoms with Crippen LogP contribution in [-0.2, 0) is 39.5 Å². The summed E-state index contributed by atoms with van der Waals surface area (Å²) in [4.78, 5) is 39.5. The maximum Gasteiger partial charge on any atom is 0.434 e. The summed E-state index contributed by atoms with van der Waals surface area (Å²) in [5, 5.41) is 7.08. The van der Waals surface area contributed by atoms with E-state index >= 15 is 0 Å². The Bertz CT molecular complexity index is 1590. The first-order valence-electron chi connectivity index (χ1n) is 12.6. The normalized spacial score (nSPS) is 21.7. The molecule has 242 valence electrons. The Morgan fingerprint density at radius 1 is 1.00 bits per heavy atom. The van der Waals surface area contributed by atoms with Gasteiger partial charge in [-0.05, 0) is 18.2 Å². The lowest BCUT2D eigenvalue weighted by atomic mass is 9.96. The summed E-state index contributed by atoms with van der Waals surface area (Å²) < 4.78 is 104. The zero-order valence-electron chi connectivity index (χ0n) is 23.2. The minimum atomic E-state index is -4.85. The van der Waals surface area contributed by atoms with E-state index < -0.39 is 88.6 Å². The molecular formula is C26H21ClF6N4O7S. The van der Waals surface area contributed by atoms with Gasteiger partial charge in [0.1, 0.15) is 29.9 Å². The number of benzene rings is 1. The van der Waals surface area contributed by atoms with Gasteiger partial charge in [0.15, 0.2) is 35.4 Å². The van der Waals surface area contributed by atoms with Crippen LogP contribution in [0.1, 0.15) is 32.5 Å². The Labute approximate surface area is 259 Å². The molecule has 2 aromatic heterocycles. The van der Waals surface area contributed by atoms with Crippen LogP contribution in [-0.4, -0.2) is 68.2 Å². The lowest BCUT2D eigenvalue weighted by Crippen LogP contribution is -2.57. The van der Waals surface area contributed by atoms with Crippen LogP contribution in [0.4, 0.5) is 26.3 Å². The average Bonchev–Trinajstić information content (AvgIpc) is 3.40. The minimum absolute atomic E-state index is 0.0302. The van der Waals surface area contributed by atoms with E-state index in [1.54, 1.807) is 0 Å². The molecule has 3 heterocycles. The third kappa shape index (κ3) is 8.04. The predicted molar refractivity (Wildman–Crippen MR) is 141 cm³/mol. The summed E-state index contributed by atoms with van der Waals surface area (Å²) in [6.07, 6.45) is -7.03. The van der Waals surface area contributed by atoms with Crippen molar-refractivity contribution >= 4 is 41.3 Å². The summed E-state index contributed by atoms with van der Waals surface area (Å²) in [6, 6.07) is 0.926. The summed E-state index contributed by atoms with van der Waals surface area (Å²) in [5.41, 5.74) is -3.08. The number of ether oxygens (including phenoxy) is 4. The van der Waals surface area contributed by atoms with Gasteiger partial charge in [0.25, 0.3) is 0 Å². The van der Waals surface area contributed by atoms with Gasteiger partial charge in [-0.2, -0.15) is 13.2 Å². The molecule has 0 bridgehead atoms. The number of esters is 3. The first-order valence-corrected chi connectivity index (χ1v) is 13.9. The Morgan fingerprint density at radius 2 is 1.62 bits per heavy atom. The Kier molecular flexibility index (Phi) is 10.3. The van der Waals surface area contributed by atoms with Gasteiger partial charge in [0, 0.05) is 37.4 Å². The van der Waals surface area contributed by atoms with Crippen LogP contribution in [0.3, 0.4) is 0 Å². The Morgan fingerprint density at radius 3 is 2.18 bits per heavy atom. The number of pyridine rings is 1. The number of carbonyl (C=O) groups is 3. The zero-order chi connectivity index (χ0) is 33.2. The van der Waals surface area contributed by atoms with E-state index in [1.165, 1.54) is 0 Å². The van der Waals surface area contributed by atoms with Gasteiger partial charge in [0.05, 0.1) is 11.2 Å². The van der Waals surface area contributed by atoms with Crippen molar-refractivity contribution < 1.29 is 59.7 Å². The highest BCUT2D eigenvalue weighted by atomic mass is 35.5. The van der Waals surface area contributed by atoms with E-state index in [-0.39, 0.29) is 16.2 Å². The van der Waals surface area contributed by atoms with E-state index in [4.69, 9.17) is 30.5 Å². The first kappa shape index (κ1) is 34.0. The number of thioether (sulfide) groups is 1. The van der Waals surface area contributed by atoms with Gasteiger partial charge < -0.3 is 18.9 Å². The van der Waals surface area contributed by atoms with Crippen molar-refractivity contribution in [3.05, 3.63) is 58.8 Å². The average molecular weight is 683 g/mol. The second kappa shape index (κ2) is 13.6. The van der Waals surface area contributed by atoms with Crippen molar-refractivity contribution in [1.29, 1.82) is 0 Å². The third-order valence-corrected chi connectivity index (χ3v) is 7.50. The monoisotopic (exact) mass is 682 g/mol. The lowest BCUT2D eigenvalue weighted by Gasteiger charge is -2.44. The number of aromatic nitrogens is 4. The molecule has 45 heavy (non-hydrogen) atoms. The van der Waals surface area contributed by atoms with Gasteiger partial charge in [-0.15, -0.1) is 5.10 Å². The molecule has 3 aromatic rings. The summed E-state index contributed by atoms with van der Waals surface area (Å²) in [5.74, 6) is -7.20. The second-order valence-corrected chi connectivity index (χ2v) is 11.0. The maximum absolute atomic E-state index is 14.0. The molecule has 11 nitrogen and oxygen atoms in total. The summed E-state index contributed by atoms with van der Waals surface area (Å²) in [6.45, 7) is 2.66. The highest BCUT2D eigenvalue weighted by Crippen LogP contribution is 2.43. The molecule has 0 unspecified atom stereocenters. The SMILES string of the molecule is CC(=O)OC[C@H]1O[C@H](Sc2cnc(C(F)(F)F)c(Cl)c2)[C@H](OC(C)=O)[C@@H](n2cc(-c3cc(F)c(F)c(F)c3)nn2)[C@H]1OC(C)=O. The highest BCUT2D eigenvalue weighted by Gasteiger charge is 2.52. The molecule has 19 heteroatoms. The fourth-order valence-corrected chi connectivity index (χ4v) is 5.82. The molecule has 1 aliphatic rings. The molecule has 1 aliphatic heterocycles. The van der Waals surface area contributed by atoms with E-state index in [2.05, 4.69) is 15.3 Å². The number of carbonyl (C=O) groups excluding carboxylic acids is 3. The lowest BCUT2D eigenvalue weighted by molar-refractivity contribution is -0.212. The molecule has 0 radical (unpaired) electrons.